The van der Waals surface area contributed by atoms with Crippen molar-refractivity contribution in [2.45, 2.75) is 164 Å². The number of rotatable bonds is 32. The van der Waals surface area contributed by atoms with Crippen LogP contribution in [0, 0.1) is 0 Å². The molecule has 0 spiro atoms. The summed E-state index contributed by atoms with van der Waals surface area (Å²) >= 11 is 3.97. The Hall–Kier alpha value is -4.71. The third kappa shape index (κ3) is 27.9. The molecule has 470 valence electrons. The van der Waals surface area contributed by atoms with Crippen LogP contribution in [0.5, 0.6) is 0 Å². The Balaban J connectivity index is 0.000000438. The number of hydrogen-bond acceptors (Lipinski definition) is 21. The van der Waals surface area contributed by atoms with E-state index >= 15 is 0 Å². The topological polar surface area (TPSA) is 455 Å². The van der Waals surface area contributed by atoms with Gasteiger partial charge in [-0.15, -0.1) is 12.6 Å². The maximum atomic E-state index is 12.9. The van der Waals surface area contributed by atoms with Crippen molar-refractivity contribution in [1.82, 2.24) is 50.2 Å². The number of phosphoric acid groups is 2. The lowest BCUT2D eigenvalue weighted by atomic mass is 10.2. The lowest BCUT2D eigenvalue weighted by molar-refractivity contribution is -0.125. The summed E-state index contributed by atoms with van der Waals surface area (Å²) in [5, 5.41) is 34.3. The first-order chi connectivity index (χ1) is 38.7. The number of hydrogen-bond donors (Lipinski definition) is 13. The predicted octanol–water partition coefficient (Wildman–Crippen LogP) is -1.84. The minimum Gasteiger partial charge on any atom is -0.390 e. The van der Waals surface area contributed by atoms with Crippen molar-refractivity contribution in [2.24, 2.45) is 0 Å². The summed E-state index contributed by atoms with van der Waals surface area (Å²) in [5.41, 5.74) is -2.68. The molecule has 2 aliphatic rings. The number of ether oxygens (including phenoxy) is 2. The van der Waals surface area contributed by atoms with Gasteiger partial charge in [-0.2, -0.15) is 0 Å². The monoisotopic (exact) mass is 1280 g/mol. The lowest BCUT2D eigenvalue weighted by Crippen LogP contribution is -2.44. The zero-order valence-electron chi connectivity index (χ0n) is 46.3. The molecule has 6 amide bonds. The highest BCUT2D eigenvalue weighted by atomic mass is 33.1. The van der Waals surface area contributed by atoms with E-state index in [0.29, 0.717) is 51.6 Å². The maximum absolute atomic E-state index is 12.9. The molecule has 0 aromatic carbocycles. The first-order valence-electron chi connectivity index (χ1n) is 26.1. The van der Waals surface area contributed by atoms with Gasteiger partial charge in [0.15, 0.2) is 10.7 Å². The highest BCUT2D eigenvalue weighted by Gasteiger charge is 2.39. The van der Waals surface area contributed by atoms with E-state index in [0.717, 1.165) is 30.4 Å². The van der Waals surface area contributed by atoms with Gasteiger partial charge in [0, 0.05) is 108 Å². The lowest BCUT2D eigenvalue weighted by Gasteiger charge is -2.22. The van der Waals surface area contributed by atoms with Gasteiger partial charge in [-0.1, -0.05) is 55.2 Å². The molecule has 8 unspecified atom stereocenters. The van der Waals surface area contributed by atoms with Gasteiger partial charge in [-0.3, -0.25) is 65.7 Å². The zero-order chi connectivity index (χ0) is 62.2. The van der Waals surface area contributed by atoms with Crippen molar-refractivity contribution in [3.8, 4) is 0 Å². The van der Waals surface area contributed by atoms with Crippen LogP contribution in [-0.2, 0) is 69.5 Å². The number of aromatic nitrogens is 4. The van der Waals surface area contributed by atoms with Crippen molar-refractivity contribution in [3.05, 3.63) is 66.2 Å². The standard InChI is InChI=1S/C25H42N5O11PS2.C21H34N5O11PS/c1-16(31)28-23(43-44-25(2,3)4)22(35)27-10-7-5-6-8-19(33)26-11-13-29-20(34)9-12-30(24(29)36)21-14-17(32)18(41-21)15-40-42(37,38)39;1-13(27)24-20(39)19(31)23-7-4-2-3-5-16(29)22-8-10-25-17(30)6-9-26(21(25)32)18-11-14(28)15(37-18)12-36-38(33,34)35/h9,12,17-18,21,23,32H,5-8,10-11,13-15H2,1-4H3,(H,26,33)(H,27,35)(H,28,31)(H2,37,38,39);6,9,14-15,18,20,28,39H,2-5,7-8,10-12H2,1H3,(H,22,29)(H,23,31)(H,24,27)(H2,33,34,35). The summed E-state index contributed by atoms with van der Waals surface area (Å²) in [5.74, 6) is -1.94. The molecule has 4 rings (SSSR count). The third-order valence-electron chi connectivity index (χ3n) is 11.7. The van der Waals surface area contributed by atoms with Crippen LogP contribution in [0.3, 0.4) is 0 Å². The quantitative estimate of drug-likeness (QED) is 0.0126. The molecule has 32 nitrogen and oxygen atoms in total. The molecule has 2 aromatic heterocycles. The molecule has 4 heterocycles. The van der Waals surface area contributed by atoms with E-state index < -0.39 is 105 Å². The number of amides is 6. The number of phosphoric ester groups is 2. The second kappa shape index (κ2) is 35.0. The van der Waals surface area contributed by atoms with Gasteiger partial charge in [0.05, 0.1) is 25.4 Å². The highest BCUT2D eigenvalue weighted by molar-refractivity contribution is 8.77. The maximum Gasteiger partial charge on any atom is 0.469 e. The van der Waals surface area contributed by atoms with Crippen LogP contribution in [0.1, 0.15) is 111 Å². The largest absolute Gasteiger partial charge is 0.469 e. The van der Waals surface area contributed by atoms with E-state index in [-0.39, 0.29) is 86.1 Å². The molecule has 8 atom stereocenters. The first kappa shape index (κ1) is 72.5. The molecule has 2 aromatic rings. The summed E-state index contributed by atoms with van der Waals surface area (Å²) in [4.78, 5) is 157. The van der Waals surface area contributed by atoms with Crippen LogP contribution < -0.4 is 54.4 Å². The van der Waals surface area contributed by atoms with Crippen LogP contribution in [0.4, 0.5) is 0 Å². The highest BCUT2D eigenvalue weighted by Crippen LogP contribution is 2.40. The molecule has 37 heteroatoms. The molecule has 0 aliphatic carbocycles. The smallest absolute Gasteiger partial charge is 0.390 e. The van der Waals surface area contributed by atoms with Crippen molar-refractivity contribution in [2.75, 3.05) is 39.4 Å². The Kier molecular flexibility index (Phi) is 30.6. The van der Waals surface area contributed by atoms with E-state index in [1.807, 2.05) is 20.8 Å². The summed E-state index contributed by atoms with van der Waals surface area (Å²) in [6.45, 7) is 8.02. The fraction of sp³-hybridized carbons (Fsp3) is 0.696. The molecule has 83 heavy (non-hydrogen) atoms. The SMILES string of the molecule is CC(=O)NC(S)C(=O)NCCCCCC(=O)NCCn1c(=O)ccn(C2CC(O)C(COP(=O)(O)O)O2)c1=O.CC(=O)NC(SSC(C)(C)C)C(=O)NCCCCCC(=O)NCCn1c(=O)ccn(C2CC(O)C(COP(=O)(O)O)O2)c1=O. The molecule has 0 radical (unpaired) electrons. The number of thiol groups is 1. The Morgan fingerprint density at radius 3 is 1.45 bits per heavy atom. The van der Waals surface area contributed by atoms with Gasteiger partial charge in [-0.25, -0.2) is 18.7 Å². The Morgan fingerprint density at radius 2 is 1.06 bits per heavy atom. The van der Waals surface area contributed by atoms with Gasteiger partial charge >= 0.3 is 27.0 Å². The Labute approximate surface area is 489 Å². The van der Waals surface area contributed by atoms with Crippen LogP contribution >= 0.6 is 49.9 Å². The van der Waals surface area contributed by atoms with E-state index in [2.05, 4.69) is 53.6 Å². The first-order valence-corrected chi connectivity index (χ1v) is 31.9. The fourth-order valence-corrected chi connectivity index (χ4v) is 11.0. The molecule has 12 N–H and O–H groups in total. The van der Waals surface area contributed by atoms with Crippen molar-refractivity contribution in [1.29, 1.82) is 0 Å². The third-order valence-corrected chi connectivity index (χ3v) is 16.5. The van der Waals surface area contributed by atoms with E-state index in [1.54, 1.807) is 0 Å². The summed E-state index contributed by atoms with van der Waals surface area (Å²) < 4.78 is 45.5. The molecule has 0 bridgehead atoms. The Bertz CT molecular complexity index is 2840. The number of nitrogens with zero attached hydrogens (tertiary/aromatic N) is 4. The molecule has 2 fully saturated rings. The second-order valence-corrected chi connectivity index (χ2v) is 25.9. The normalized spacial score (nSPS) is 19.6. The van der Waals surface area contributed by atoms with Crippen LogP contribution in [-0.4, -0.2) is 163 Å². The number of aliphatic hydroxyl groups excluding tert-OH is 2. The van der Waals surface area contributed by atoms with Crippen LogP contribution in [0.15, 0.2) is 43.7 Å². The summed E-state index contributed by atoms with van der Waals surface area (Å²) in [7, 11) is -6.77. The van der Waals surface area contributed by atoms with Crippen molar-refractivity contribution >= 4 is 85.3 Å². The number of nitrogens with one attached hydrogen (secondary N) is 6. The van der Waals surface area contributed by atoms with Crippen molar-refractivity contribution < 1.29 is 86.2 Å². The Morgan fingerprint density at radius 1 is 0.651 bits per heavy atom. The van der Waals surface area contributed by atoms with Gasteiger partial charge in [-0.05, 0) is 25.7 Å². The number of carbonyl (C=O) groups is 6. The predicted molar refractivity (Wildman–Crippen MR) is 303 cm³/mol. The minimum atomic E-state index is -4.78. The van der Waals surface area contributed by atoms with E-state index in [1.165, 1.54) is 47.8 Å². The molecule has 0 saturated carbocycles. The van der Waals surface area contributed by atoms with Crippen molar-refractivity contribution in [3.63, 3.8) is 0 Å². The van der Waals surface area contributed by atoms with Gasteiger partial charge in [0.2, 0.25) is 23.6 Å². The average Bonchev–Trinajstić information content (AvgIpc) is 4.14. The fourth-order valence-electron chi connectivity index (χ4n) is 7.67. The van der Waals surface area contributed by atoms with Gasteiger partial charge in [0.25, 0.3) is 22.9 Å². The summed E-state index contributed by atoms with van der Waals surface area (Å²) in [6.07, 6.45) is -0.151. The van der Waals surface area contributed by atoms with Gasteiger partial charge in [0.1, 0.15) is 24.7 Å². The molecular weight excluding hydrogens is 1200 g/mol. The van der Waals surface area contributed by atoms with Gasteiger partial charge < -0.3 is 71.2 Å². The molecule has 2 aliphatic heterocycles. The number of carbonyl (C=O) groups excluding carboxylic acids is 6. The average molecular weight is 1280 g/mol. The minimum absolute atomic E-state index is 0.00737. The summed E-state index contributed by atoms with van der Waals surface area (Å²) in [6, 6.07) is 2.26. The second-order valence-electron chi connectivity index (χ2n) is 19.8. The van der Waals surface area contributed by atoms with E-state index in [4.69, 9.17) is 29.0 Å². The number of unbranched alkanes of at least 4 members (excludes halogenated alkanes) is 4. The van der Waals surface area contributed by atoms with E-state index in [9.17, 15) is 67.3 Å². The molecule has 2 saturated heterocycles. The van der Waals surface area contributed by atoms with Crippen LogP contribution in [0.2, 0.25) is 0 Å². The van der Waals surface area contributed by atoms with Crippen LogP contribution in [0.25, 0.3) is 0 Å². The zero-order valence-corrected chi connectivity index (χ0v) is 50.6. The number of aliphatic hydroxyl groups is 2. The molecular formula is C46H76N10O22P2S3.